The molecule has 1 aromatic carbocycles. The average molecular weight is 284 g/mol. The Hall–Kier alpha value is -1.10. The average Bonchev–Trinajstić information content (AvgIpc) is 2.81. The van der Waals surface area contributed by atoms with E-state index in [-0.39, 0.29) is 18.0 Å². The molecule has 1 aliphatic rings. The highest BCUT2D eigenvalue weighted by atomic mass is 35.5. The van der Waals surface area contributed by atoms with Crippen molar-refractivity contribution in [2.24, 2.45) is 0 Å². The Bertz CT molecular complexity index is 466. The number of rotatable bonds is 4. The van der Waals surface area contributed by atoms with Crippen molar-refractivity contribution in [2.75, 3.05) is 32.2 Å². The fourth-order valence-corrected chi connectivity index (χ4v) is 2.68. The predicted octanol–water partition coefficient (Wildman–Crippen LogP) is 2.39. The number of carbonyl (C=O) groups is 1. The van der Waals surface area contributed by atoms with Gasteiger partial charge in [0.2, 0.25) is 0 Å². The first kappa shape index (κ1) is 14.3. The Morgan fingerprint density at radius 1 is 1.26 bits per heavy atom. The van der Waals surface area contributed by atoms with Gasteiger partial charge in [-0.1, -0.05) is 11.6 Å². The summed E-state index contributed by atoms with van der Waals surface area (Å²) < 4.78 is 10.8. The van der Waals surface area contributed by atoms with E-state index < -0.39 is 0 Å². The van der Waals surface area contributed by atoms with E-state index in [1.165, 1.54) is 6.92 Å². The molecule has 0 aliphatic carbocycles. The molecule has 0 saturated carbocycles. The molecule has 1 heterocycles. The topological polar surface area (TPSA) is 38.8 Å². The lowest BCUT2D eigenvalue weighted by Gasteiger charge is -2.19. The van der Waals surface area contributed by atoms with Crippen LogP contribution in [0.2, 0.25) is 5.02 Å². The third kappa shape index (κ3) is 2.91. The number of Topliss-reactive ketones (excluding diaryl/α,β-unsaturated/α-hetero) is 1. The minimum Gasteiger partial charge on any atom is -0.377 e. The number of halogens is 1. The summed E-state index contributed by atoms with van der Waals surface area (Å²) in [4.78, 5) is 13.4. The maximum absolute atomic E-state index is 11.3. The molecule has 0 radical (unpaired) electrons. The van der Waals surface area contributed by atoms with Gasteiger partial charge in [0.15, 0.2) is 5.78 Å². The number of nitrogens with zero attached hydrogens (tertiary/aromatic N) is 1. The van der Waals surface area contributed by atoms with Gasteiger partial charge in [-0.25, -0.2) is 0 Å². The molecule has 1 aromatic rings. The molecule has 0 bridgehead atoms. The Morgan fingerprint density at radius 2 is 1.84 bits per heavy atom. The zero-order valence-electron chi connectivity index (χ0n) is 11.4. The summed E-state index contributed by atoms with van der Waals surface area (Å²) >= 11 is 6.26. The van der Waals surface area contributed by atoms with Gasteiger partial charge in [0.25, 0.3) is 0 Å². The summed E-state index contributed by atoms with van der Waals surface area (Å²) in [5.41, 5.74) is 1.53. The molecule has 19 heavy (non-hydrogen) atoms. The Morgan fingerprint density at radius 3 is 2.26 bits per heavy atom. The van der Waals surface area contributed by atoms with Crippen LogP contribution in [0.15, 0.2) is 18.2 Å². The number of ketones is 1. The maximum atomic E-state index is 11.3. The normalized spacial score (nSPS) is 22.8. The minimum atomic E-state index is 0.0133. The third-order valence-corrected chi connectivity index (χ3v) is 3.82. The first-order valence-electron chi connectivity index (χ1n) is 6.17. The van der Waals surface area contributed by atoms with E-state index in [1.807, 2.05) is 6.07 Å². The maximum Gasteiger partial charge on any atom is 0.159 e. The van der Waals surface area contributed by atoms with Crippen molar-refractivity contribution in [1.82, 2.24) is 0 Å². The van der Waals surface area contributed by atoms with Crippen molar-refractivity contribution in [2.45, 2.75) is 19.1 Å². The molecule has 0 aromatic heterocycles. The Kier molecular flexibility index (Phi) is 4.45. The Balaban J connectivity index is 2.21. The molecule has 5 heteroatoms. The van der Waals surface area contributed by atoms with Crippen LogP contribution in [0, 0.1) is 0 Å². The molecule has 2 atom stereocenters. The first-order chi connectivity index (χ1) is 9.06. The highest BCUT2D eigenvalue weighted by Gasteiger charge is 2.33. The summed E-state index contributed by atoms with van der Waals surface area (Å²) in [6.07, 6.45) is 0.0714. The van der Waals surface area contributed by atoms with Crippen LogP contribution < -0.4 is 4.90 Å². The number of ether oxygens (including phenoxy) is 2. The predicted molar refractivity (Wildman–Crippen MR) is 75.3 cm³/mol. The molecule has 1 fully saturated rings. The van der Waals surface area contributed by atoms with Crippen LogP contribution in [0.4, 0.5) is 5.69 Å². The van der Waals surface area contributed by atoms with Gasteiger partial charge in [-0.05, 0) is 25.1 Å². The number of hydrogen-bond acceptors (Lipinski definition) is 4. The van der Waals surface area contributed by atoms with Gasteiger partial charge in [0, 0.05) is 32.9 Å². The molecule has 104 valence electrons. The molecule has 2 unspecified atom stereocenters. The third-order valence-electron chi connectivity index (χ3n) is 3.52. The molecule has 1 saturated heterocycles. The highest BCUT2D eigenvalue weighted by molar-refractivity contribution is 6.33. The van der Waals surface area contributed by atoms with E-state index in [1.54, 1.807) is 26.4 Å². The van der Waals surface area contributed by atoms with Gasteiger partial charge in [-0.15, -0.1) is 0 Å². The van der Waals surface area contributed by atoms with E-state index >= 15 is 0 Å². The minimum absolute atomic E-state index is 0.0133. The summed E-state index contributed by atoms with van der Waals surface area (Å²) in [7, 11) is 3.36. The second-order valence-corrected chi connectivity index (χ2v) is 5.08. The zero-order valence-corrected chi connectivity index (χ0v) is 12.1. The van der Waals surface area contributed by atoms with Crippen LogP contribution in [0.1, 0.15) is 17.3 Å². The lowest BCUT2D eigenvalue weighted by atomic mass is 10.1. The molecule has 0 N–H and O–H groups in total. The monoisotopic (exact) mass is 283 g/mol. The van der Waals surface area contributed by atoms with Crippen molar-refractivity contribution in [3.8, 4) is 0 Å². The van der Waals surface area contributed by atoms with Gasteiger partial charge in [-0.3, -0.25) is 4.79 Å². The number of methoxy groups -OCH3 is 2. The van der Waals surface area contributed by atoms with Crippen molar-refractivity contribution in [1.29, 1.82) is 0 Å². The van der Waals surface area contributed by atoms with Crippen molar-refractivity contribution >= 4 is 23.1 Å². The Labute approximate surface area is 118 Å². The molecule has 2 rings (SSSR count). The van der Waals surface area contributed by atoms with Gasteiger partial charge in [0.05, 0.1) is 10.7 Å². The number of hydrogen-bond donors (Lipinski definition) is 0. The van der Waals surface area contributed by atoms with Crippen molar-refractivity contribution in [3.63, 3.8) is 0 Å². The van der Waals surface area contributed by atoms with Gasteiger partial charge >= 0.3 is 0 Å². The van der Waals surface area contributed by atoms with Crippen LogP contribution in [0.25, 0.3) is 0 Å². The van der Waals surface area contributed by atoms with Gasteiger partial charge < -0.3 is 14.4 Å². The fraction of sp³-hybridized carbons (Fsp3) is 0.500. The fourth-order valence-electron chi connectivity index (χ4n) is 2.38. The smallest absolute Gasteiger partial charge is 0.159 e. The van der Waals surface area contributed by atoms with Crippen LogP contribution in [-0.4, -0.2) is 45.3 Å². The molecular weight excluding hydrogens is 266 g/mol. The summed E-state index contributed by atoms with van der Waals surface area (Å²) in [5.74, 6) is 0.0133. The van der Waals surface area contributed by atoms with Crippen LogP contribution in [0.3, 0.4) is 0 Å². The zero-order chi connectivity index (χ0) is 14.0. The van der Waals surface area contributed by atoms with E-state index in [2.05, 4.69) is 4.90 Å². The second-order valence-electron chi connectivity index (χ2n) is 4.68. The number of benzene rings is 1. The van der Waals surface area contributed by atoms with E-state index in [0.717, 1.165) is 18.8 Å². The van der Waals surface area contributed by atoms with Gasteiger partial charge in [-0.2, -0.15) is 0 Å². The first-order valence-corrected chi connectivity index (χ1v) is 6.55. The largest absolute Gasteiger partial charge is 0.377 e. The van der Waals surface area contributed by atoms with Crippen molar-refractivity contribution < 1.29 is 14.3 Å². The quantitative estimate of drug-likeness (QED) is 0.796. The molecule has 0 amide bonds. The summed E-state index contributed by atoms with van der Waals surface area (Å²) in [5, 5.41) is 0.583. The SMILES string of the molecule is COC1CN(c2ccc(C(C)=O)cc2Cl)CC1OC. The molecule has 1 aliphatic heterocycles. The molecular formula is C14H18ClNO3. The van der Waals surface area contributed by atoms with Crippen molar-refractivity contribution in [3.05, 3.63) is 28.8 Å². The lowest BCUT2D eigenvalue weighted by Crippen LogP contribution is -2.27. The van der Waals surface area contributed by atoms with Crippen LogP contribution in [0.5, 0.6) is 0 Å². The second kappa shape index (κ2) is 5.90. The van der Waals surface area contributed by atoms with Crippen LogP contribution >= 0.6 is 11.6 Å². The van der Waals surface area contributed by atoms with E-state index in [0.29, 0.717) is 10.6 Å². The molecule has 0 spiro atoms. The van der Waals surface area contributed by atoms with Gasteiger partial charge in [0.1, 0.15) is 12.2 Å². The highest BCUT2D eigenvalue weighted by Crippen LogP contribution is 2.31. The summed E-state index contributed by atoms with van der Waals surface area (Å²) in [6, 6.07) is 5.39. The lowest BCUT2D eigenvalue weighted by molar-refractivity contribution is -0.00461. The van der Waals surface area contributed by atoms with E-state index in [9.17, 15) is 4.79 Å². The molecule has 4 nitrogen and oxygen atoms in total. The number of carbonyl (C=O) groups excluding carboxylic acids is 1. The van der Waals surface area contributed by atoms with E-state index in [4.69, 9.17) is 21.1 Å². The standard InChI is InChI=1S/C14H18ClNO3/c1-9(17)10-4-5-12(11(15)6-10)16-7-13(18-2)14(8-16)19-3/h4-6,13-14H,7-8H2,1-3H3. The van der Waals surface area contributed by atoms with Crippen LogP contribution in [-0.2, 0) is 9.47 Å². The number of anilines is 1. The summed E-state index contributed by atoms with van der Waals surface area (Å²) in [6.45, 7) is 2.99.